The Labute approximate surface area is 174 Å². The number of nitrogens with one attached hydrogen (secondary N) is 2. The predicted molar refractivity (Wildman–Crippen MR) is 111 cm³/mol. The number of carbonyl (C=O) groups excluding carboxylic acids is 1. The van der Waals surface area contributed by atoms with Crippen molar-refractivity contribution in [2.75, 3.05) is 11.1 Å². The van der Waals surface area contributed by atoms with Crippen LogP contribution in [0.1, 0.15) is 5.56 Å². The molecule has 152 valence electrons. The maximum atomic E-state index is 12.7. The van der Waals surface area contributed by atoms with Crippen LogP contribution in [0.15, 0.2) is 69.4 Å². The average Bonchev–Trinajstić information content (AvgIpc) is 3.06. The molecule has 10 heteroatoms. The molecule has 2 aromatic carbocycles. The summed E-state index contributed by atoms with van der Waals surface area (Å²) in [6.45, 7) is 0.428. The normalized spacial score (nSPS) is 11.0. The van der Waals surface area contributed by atoms with Gasteiger partial charge >= 0.3 is 5.69 Å². The Morgan fingerprint density at radius 2 is 1.86 bits per heavy atom. The summed E-state index contributed by atoms with van der Waals surface area (Å²) in [7, 11) is 0. The number of hydrogen-bond acceptors (Lipinski definition) is 5. The molecule has 0 atom stereocenters. The van der Waals surface area contributed by atoms with E-state index in [-0.39, 0.29) is 17.3 Å². The number of thioether (sulfide) groups is 2. The highest BCUT2D eigenvalue weighted by molar-refractivity contribution is 8.00. The van der Waals surface area contributed by atoms with Crippen molar-refractivity contribution in [3.05, 3.63) is 70.6 Å². The summed E-state index contributed by atoms with van der Waals surface area (Å²) in [6, 6.07) is 16.1. The first-order valence-electron chi connectivity index (χ1n) is 8.68. The van der Waals surface area contributed by atoms with Crippen molar-refractivity contribution in [3.8, 4) is 0 Å². The van der Waals surface area contributed by atoms with Crippen LogP contribution in [0.25, 0.3) is 0 Å². The molecule has 29 heavy (non-hydrogen) atoms. The number of halogens is 2. The molecule has 0 aliphatic heterocycles. The van der Waals surface area contributed by atoms with Crippen LogP contribution in [0.3, 0.4) is 0 Å². The van der Waals surface area contributed by atoms with Gasteiger partial charge in [0.05, 0.1) is 11.4 Å². The van der Waals surface area contributed by atoms with E-state index in [2.05, 4.69) is 15.5 Å². The Morgan fingerprint density at radius 3 is 2.62 bits per heavy atom. The third kappa shape index (κ3) is 6.20. The molecule has 1 aromatic heterocycles. The van der Waals surface area contributed by atoms with Gasteiger partial charge in [-0.15, -0.1) is 5.10 Å². The molecule has 6 nitrogen and oxygen atoms in total. The van der Waals surface area contributed by atoms with Crippen LogP contribution >= 0.6 is 23.5 Å². The van der Waals surface area contributed by atoms with E-state index in [9.17, 15) is 18.4 Å². The minimum absolute atomic E-state index is 0.0106. The molecular formula is C19H18F2N4O2S2. The van der Waals surface area contributed by atoms with Gasteiger partial charge in [-0.25, -0.2) is 9.89 Å². The van der Waals surface area contributed by atoms with Gasteiger partial charge in [0.2, 0.25) is 5.91 Å². The summed E-state index contributed by atoms with van der Waals surface area (Å²) in [5.41, 5.74) is 1.07. The SMILES string of the molecule is O=C(CSc1n[nH]c(=O)n1CCc1ccccc1)Nc1ccccc1SC(F)F. The van der Waals surface area contributed by atoms with Crippen molar-refractivity contribution < 1.29 is 13.6 Å². The van der Waals surface area contributed by atoms with Gasteiger partial charge in [-0.05, 0) is 24.1 Å². The molecule has 0 spiro atoms. The van der Waals surface area contributed by atoms with Crippen molar-refractivity contribution in [3.63, 3.8) is 0 Å². The number of nitrogens with zero attached hydrogens (tertiary/aromatic N) is 2. The van der Waals surface area contributed by atoms with Crippen molar-refractivity contribution >= 4 is 35.1 Å². The summed E-state index contributed by atoms with van der Waals surface area (Å²) in [6.07, 6.45) is 0.651. The fourth-order valence-electron chi connectivity index (χ4n) is 2.58. The highest BCUT2D eigenvalue weighted by Gasteiger charge is 2.14. The Hall–Kier alpha value is -2.59. The van der Waals surface area contributed by atoms with Gasteiger partial charge in [-0.2, -0.15) is 8.78 Å². The number of benzene rings is 2. The quantitative estimate of drug-likeness (QED) is 0.498. The molecule has 0 aliphatic rings. The van der Waals surface area contributed by atoms with E-state index in [1.54, 1.807) is 18.2 Å². The maximum Gasteiger partial charge on any atom is 0.343 e. The number of aromatic amines is 1. The van der Waals surface area contributed by atoms with E-state index in [0.29, 0.717) is 40.5 Å². The smallest absolute Gasteiger partial charge is 0.324 e. The van der Waals surface area contributed by atoms with Crippen molar-refractivity contribution in [2.24, 2.45) is 0 Å². The average molecular weight is 437 g/mol. The Bertz CT molecular complexity index is 1010. The number of carbonyl (C=O) groups is 1. The van der Waals surface area contributed by atoms with Gasteiger partial charge in [0, 0.05) is 11.4 Å². The van der Waals surface area contributed by atoms with Gasteiger partial charge < -0.3 is 5.32 Å². The van der Waals surface area contributed by atoms with Gasteiger partial charge in [-0.1, -0.05) is 66.0 Å². The fraction of sp³-hybridized carbons (Fsp3) is 0.211. The highest BCUT2D eigenvalue weighted by Crippen LogP contribution is 2.31. The van der Waals surface area contributed by atoms with Crippen LogP contribution in [0.2, 0.25) is 0 Å². The first-order valence-corrected chi connectivity index (χ1v) is 10.5. The minimum atomic E-state index is -2.58. The number of para-hydroxylation sites is 1. The third-order valence-electron chi connectivity index (χ3n) is 3.90. The number of aromatic nitrogens is 3. The lowest BCUT2D eigenvalue weighted by atomic mass is 10.1. The monoisotopic (exact) mass is 436 g/mol. The molecule has 1 heterocycles. The molecule has 3 aromatic rings. The molecule has 0 saturated carbocycles. The Balaban J connectivity index is 1.59. The van der Waals surface area contributed by atoms with E-state index in [1.165, 1.54) is 10.6 Å². The van der Waals surface area contributed by atoms with Crippen LogP contribution in [0, 0.1) is 0 Å². The molecule has 0 radical (unpaired) electrons. The number of amides is 1. The van der Waals surface area contributed by atoms with Crippen LogP contribution in [-0.2, 0) is 17.8 Å². The topological polar surface area (TPSA) is 79.8 Å². The molecular weight excluding hydrogens is 418 g/mol. The second-order valence-corrected chi connectivity index (χ2v) is 7.88. The molecule has 0 aliphatic carbocycles. The molecule has 2 N–H and O–H groups in total. The van der Waals surface area contributed by atoms with E-state index < -0.39 is 5.76 Å². The van der Waals surface area contributed by atoms with Gasteiger partial charge in [0.15, 0.2) is 5.16 Å². The lowest BCUT2D eigenvalue weighted by molar-refractivity contribution is -0.113. The van der Waals surface area contributed by atoms with Gasteiger partial charge in [0.25, 0.3) is 5.76 Å². The lowest BCUT2D eigenvalue weighted by Crippen LogP contribution is -2.20. The zero-order valence-corrected chi connectivity index (χ0v) is 16.8. The number of alkyl halides is 2. The zero-order valence-electron chi connectivity index (χ0n) is 15.2. The molecule has 0 saturated heterocycles. The number of aryl methyl sites for hydroxylation is 1. The van der Waals surface area contributed by atoms with Crippen molar-refractivity contribution in [2.45, 2.75) is 28.8 Å². The first-order chi connectivity index (χ1) is 14.0. The molecule has 0 fully saturated rings. The molecule has 3 rings (SSSR count). The van der Waals surface area contributed by atoms with Crippen LogP contribution in [0.5, 0.6) is 0 Å². The summed E-state index contributed by atoms with van der Waals surface area (Å²) in [5, 5.41) is 9.40. The first kappa shape index (κ1) is 21.1. The number of rotatable bonds is 9. The van der Waals surface area contributed by atoms with E-state index >= 15 is 0 Å². The molecule has 1 amide bonds. The van der Waals surface area contributed by atoms with Crippen molar-refractivity contribution in [1.29, 1.82) is 0 Å². The largest absolute Gasteiger partial charge is 0.343 e. The van der Waals surface area contributed by atoms with Gasteiger partial charge in [0.1, 0.15) is 0 Å². The second kappa shape index (κ2) is 10.3. The van der Waals surface area contributed by atoms with E-state index in [4.69, 9.17) is 0 Å². The van der Waals surface area contributed by atoms with E-state index in [1.807, 2.05) is 30.3 Å². The van der Waals surface area contributed by atoms with Crippen LogP contribution < -0.4 is 11.0 Å². The number of H-pyrrole nitrogens is 1. The molecule has 0 unspecified atom stereocenters. The number of hydrogen-bond donors (Lipinski definition) is 2. The van der Waals surface area contributed by atoms with E-state index in [0.717, 1.165) is 17.3 Å². The summed E-state index contributed by atoms with van der Waals surface area (Å²) in [4.78, 5) is 24.6. The lowest BCUT2D eigenvalue weighted by Gasteiger charge is -2.10. The number of anilines is 1. The Kier molecular flexibility index (Phi) is 7.48. The third-order valence-corrected chi connectivity index (χ3v) is 5.66. The van der Waals surface area contributed by atoms with Crippen molar-refractivity contribution in [1.82, 2.24) is 14.8 Å². The second-order valence-electron chi connectivity index (χ2n) is 5.91. The van der Waals surface area contributed by atoms with Crippen LogP contribution in [0.4, 0.5) is 14.5 Å². The summed E-state index contributed by atoms with van der Waals surface area (Å²) < 4.78 is 26.8. The molecule has 0 bridgehead atoms. The summed E-state index contributed by atoms with van der Waals surface area (Å²) in [5.74, 6) is -2.96. The summed E-state index contributed by atoms with van der Waals surface area (Å²) >= 11 is 1.48. The fourth-order valence-corrected chi connectivity index (χ4v) is 3.95. The van der Waals surface area contributed by atoms with Gasteiger partial charge in [-0.3, -0.25) is 9.36 Å². The Morgan fingerprint density at radius 1 is 1.14 bits per heavy atom. The zero-order chi connectivity index (χ0) is 20.6. The highest BCUT2D eigenvalue weighted by atomic mass is 32.2. The minimum Gasteiger partial charge on any atom is -0.324 e. The maximum absolute atomic E-state index is 12.7. The van der Waals surface area contributed by atoms with Crippen LogP contribution in [-0.4, -0.2) is 32.2 Å². The standard InChI is InChI=1S/C19H18F2N4O2S2/c20-17(21)29-15-9-5-4-8-14(15)22-16(26)12-28-19-24-23-18(27)25(19)11-10-13-6-2-1-3-7-13/h1-9,17H,10-12H2,(H,22,26)(H,23,27). The predicted octanol–water partition coefficient (Wildman–Crippen LogP) is 3.86.